The van der Waals surface area contributed by atoms with Crippen molar-refractivity contribution in [2.75, 3.05) is 59.4 Å². The van der Waals surface area contributed by atoms with Crippen LogP contribution in [0.2, 0.25) is 5.02 Å². The van der Waals surface area contributed by atoms with Gasteiger partial charge in [-0.3, -0.25) is 0 Å². The van der Waals surface area contributed by atoms with Crippen molar-refractivity contribution < 1.29 is 4.74 Å². The Hall–Kier alpha value is -1.50. The Bertz CT molecular complexity index is 573. The molecule has 0 saturated carbocycles. The molecule has 28 heavy (non-hydrogen) atoms. The maximum absolute atomic E-state index is 5.91. The van der Waals surface area contributed by atoms with Gasteiger partial charge in [-0.25, -0.2) is 4.99 Å². The number of halogens is 1. The van der Waals surface area contributed by atoms with E-state index < -0.39 is 0 Å². The molecule has 158 valence electrons. The van der Waals surface area contributed by atoms with Gasteiger partial charge in [-0.2, -0.15) is 0 Å². The van der Waals surface area contributed by atoms with Gasteiger partial charge >= 0.3 is 0 Å². The Kier molecular flexibility index (Phi) is 10.5. The van der Waals surface area contributed by atoms with Crippen molar-refractivity contribution in [1.29, 1.82) is 0 Å². The second-order valence-corrected chi connectivity index (χ2v) is 7.82. The summed E-state index contributed by atoms with van der Waals surface area (Å²) in [6.07, 6.45) is 2.36. The summed E-state index contributed by atoms with van der Waals surface area (Å²) >= 11 is 5.91. The third-order valence-corrected chi connectivity index (χ3v) is 5.04. The minimum absolute atomic E-state index is 0.00568. The summed E-state index contributed by atoms with van der Waals surface area (Å²) in [5.74, 6) is 1.67. The van der Waals surface area contributed by atoms with Crippen LogP contribution in [0.1, 0.15) is 26.7 Å². The van der Waals surface area contributed by atoms with Gasteiger partial charge < -0.3 is 25.2 Å². The Labute approximate surface area is 175 Å². The second-order valence-electron chi connectivity index (χ2n) is 7.38. The lowest BCUT2D eigenvalue weighted by Gasteiger charge is -2.32. The molecule has 2 rings (SSSR count). The van der Waals surface area contributed by atoms with Crippen LogP contribution >= 0.6 is 11.6 Å². The molecule has 0 amide bonds. The number of benzene rings is 1. The minimum Gasteiger partial charge on any atom is -0.489 e. The number of aliphatic imine (C=N–C) groups is 1. The first-order valence-electron chi connectivity index (χ1n) is 10.4. The molecule has 1 fully saturated rings. The fourth-order valence-electron chi connectivity index (χ4n) is 3.08. The number of likely N-dealkylation sites (N-methyl/N-ethyl adjacent to an activating group) is 1. The van der Waals surface area contributed by atoms with Crippen molar-refractivity contribution in [3.8, 4) is 5.75 Å². The first-order valence-corrected chi connectivity index (χ1v) is 10.8. The van der Waals surface area contributed by atoms with Gasteiger partial charge in [0.15, 0.2) is 5.96 Å². The maximum atomic E-state index is 5.91. The first-order chi connectivity index (χ1) is 13.6. The molecule has 0 bridgehead atoms. The van der Waals surface area contributed by atoms with E-state index in [1.807, 2.05) is 31.2 Å². The van der Waals surface area contributed by atoms with E-state index in [1.54, 1.807) is 0 Å². The van der Waals surface area contributed by atoms with Gasteiger partial charge in [-0.15, -0.1) is 0 Å². The van der Waals surface area contributed by atoms with Crippen LogP contribution in [0.5, 0.6) is 5.75 Å². The topological polar surface area (TPSA) is 52.1 Å². The van der Waals surface area contributed by atoms with Crippen LogP contribution in [0.25, 0.3) is 0 Å². The Morgan fingerprint density at radius 2 is 1.86 bits per heavy atom. The summed E-state index contributed by atoms with van der Waals surface area (Å²) < 4.78 is 5.89. The Morgan fingerprint density at radius 3 is 2.54 bits per heavy atom. The fraction of sp³-hybridized carbons (Fsp3) is 0.667. The number of rotatable bonds is 10. The highest BCUT2D eigenvalue weighted by Crippen LogP contribution is 2.16. The number of ether oxygens (including phenoxy) is 1. The van der Waals surface area contributed by atoms with Gasteiger partial charge in [-0.1, -0.05) is 11.6 Å². The van der Waals surface area contributed by atoms with Gasteiger partial charge in [0, 0.05) is 44.3 Å². The molecule has 7 heteroatoms. The highest BCUT2D eigenvalue weighted by Gasteiger charge is 2.12. The lowest BCUT2D eigenvalue weighted by Crippen LogP contribution is -2.44. The van der Waals surface area contributed by atoms with E-state index in [9.17, 15) is 0 Å². The van der Waals surface area contributed by atoms with Crippen molar-refractivity contribution in [1.82, 2.24) is 20.4 Å². The number of nitrogens with zero attached hydrogens (tertiary/aromatic N) is 3. The Morgan fingerprint density at radius 1 is 1.14 bits per heavy atom. The summed E-state index contributed by atoms with van der Waals surface area (Å²) in [6.45, 7) is 12.4. The molecule has 1 aromatic carbocycles. The fourth-order valence-corrected chi connectivity index (χ4v) is 3.21. The zero-order valence-corrected chi connectivity index (χ0v) is 18.3. The Balaban J connectivity index is 1.64. The van der Waals surface area contributed by atoms with E-state index in [2.05, 4.69) is 39.4 Å². The van der Waals surface area contributed by atoms with Crippen molar-refractivity contribution in [2.24, 2.45) is 4.99 Å². The van der Waals surface area contributed by atoms with Crippen LogP contribution in [0.3, 0.4) is 0 Å². The van der Waals surface area contributed by atoms with E-state index in [4.69, 9.17) is 16.3 Å². The zero-order valence-electron chi connectivity index (χ0n) is 17.6. The number of nitrogens with one attached hydrogen (secondary N) is 2. The normalized spacial score (nSPS) is 17.4. The molecular formula is C21H36ClN5O. The highest BCUT2D eigenvalue weighted by molar-refractivity contribution is 6.30. The van der Waals surface area contributed by atoms with Gasteiger partial charge in [0.2, 0.25) is 0 Å². The number of hydrogen-bond acceptors (Lipinski definition) is 4. The molecule has 1 aliphatic heterocycles. The first kappa shape index (κ1) is 22.8. The molecule has 1 aromatic rings. The second kappa shape index (κ2) is 12.9. The average molecular weight is 410 g/mol. The predicted octanol–water partition coefficient (Wildman–Crippen LogP) is 2.69. The lowest BCUT2D eigenvalue weighted by atomic mass is 10.2. The number of piperazine rings is 1. The molecule has 0 spiro atoms. The van der Waals surface area contributed by atoms with Gasteiger partial charge in [-0.05, 0) is 64.5 Å². The summed E-state index contributed by atoms with van der Waals surface area (Å²) in [5, 5.41) is 7.45. The molecule has 1 saturated heterocycles. The van der Waals surface area contributed by atoms with Crippen LogP contribution in [0.4, 0.5) is 0 Å². The largest absolute Gasteiger partial charge is 0.489 e. The molecular weight excluding hydrogens is 374 g/mol. The number of guanidine groups is 1. The molecule has 1 unspecified atom stereocenters. The maximum Gasteiger partial charge on any atom is 0.191 e. The molecule has 6 nitrogen and oxygen atoms in total. The predicted molar refractivity (Wildman–Crippen MR) is 119 cm³/mol. The van der Waals surface area contributed by atoms with Crippen LogP contribution in [0, 0.1) is 0 Å². The number of unbranched alkanes of at least 4 members (excludes halogenated alkanes) is 1. The quantitative estimate of drug-likeness (QED) is 0.353. The van der Waals surface area contributed by atoms with E-state index in [0.29, 0.717) is 11.6 Å². The van der Waals surface area contributed by atoms with E-state index in [1.165, 1.54) is 39.1 Å². The van der Waals surface area contributed by atoms with Crippen LogP contribution in [-0.4, -0.2) is 81.3 Å². The van der Waals surface area contributed by atoms with Crippen molar-refractivity contribution in [2.45, 2.75) is 32.8 Å². The molecule has 1 aliphatic rings. The van der Waals surface area contributed by atoms with Crippen LogP contribution < -0.4 is 15.4 Å². The molecule has 0 aliphatic carbocycles. The molecule has 0 aromatic heterocycles. The van der Waals surface area contributed by atoms with Gasteiger partial charge in [0.25, 0.3) is 0 Å². The monoisotopic (exact) mass is 409 g/mol. The van der Waals surface area contributed by atoms with Crippen molar-refractivity contribution in [3.63, 3.8) is 0 Å². The van der Waals surface area contributed by atoms with Gasteiger partial charge in [0.1, 0.15) is 11.9 Å². The van der Waals surface area contributed by atoms with Gasteiger partial charge in [0.05, 0.1) is 6.54 Å². The SMILES string of the molecule is CCNC(=NCC(C)Oc1ccc(Cl)cc1)NCCCCN1CCN(C)CC1. The third-order valence-electron chi connectivity index (χ3n) is 4.79. The van der Waals surface area contributed by atoms with E-state index >= 15 is 0 Å². The number of hydrogen-bond donors (Lipinski definition) is 2. The average Bonchev–Trinajstić information content (AvgIpc) is 2.69. The standard InChI is InChI=1S/C21H36ClN5O/c1-4-23-21(24-11-5-6-12-27-15-13-26(3)14-16-27)25-17-18(2)28-20-9-7-19(22)8-10-20/h7-10,18H,4-6,11-17H2,1-3H3,(H2,23,24,25). The highest BCUT2D eigenvalue weighted by atomic mass is 35.5. The molecule has 1 heterocycles. The molecule has 0 radical (unpaired) electrons. The van der Waals surface area contributed by atoms with E-state index in [-0.39, 0.29) is 6.10 Å². The molecule has 1 atom stereocenters. The van der Waals surface area contributed by atoms with Crippen molar-refractivity contribution >= 4 is 17.6 Å². The van der Waals surface area contributed by atoms with E-state index in [0.717, 1.165) is 31.2 Å². The third kappa shape index (κ3) is 9.13. The minimum atomic E-state index is -0.00568. The lowest BCUT2D eigenvalue weighted by molar-refractivity contribution is 0.152. The van der Waals surface area contributed by atoms with Crippen LogP contribution in [0.15, 0.2) is 29.3 Å². The summed E-state index contributed by atoms with van der Waals surface area (Å²) in [4.78, 5) is 9.61. The van der Waals surface area contributed by atoms with Crippen molar-refractivity contribution in [3.05, 3.63) is 29.3 Å². The zero-order chi connectivity index (χ0) is 20.2. The molecule has 2 N–H and O–H groups in total. The van der Waals surface area contributed by atoms with Crippen LogP contribution in [-0.2, 0) is 0 Å². The summed E-state index contributed by atoms with van der Waals surface area (Å²) in [5.41, 5.74) is 0. The smallest absolute Gasteiger partial charge is 0.191 e. The summed E-state index contributed by atoms with van der Waals surface area (Å²) in [7, 11) is 2.20. The summed E-state index contributed by atoms with van der Waals surface area (Å²) in [6, 6.07) is 7.43.